The van der Waals surface area contributed by atoms with Gasteiger partial charge in [-0.1, -0.05) is 49.9 Å². The van der Waals surface area contributed by atoms with Crippen molar-refractivity contribution >= 4 is 29.1 Å². The van der Waals surface area contributed by atoms with Crippen LogP contribution in [-0.2, 0) is 0 Å². The third-order valence-electron chi connectivity index (χ3n) is 3.84. The average Bonchev–Trinajstić information content (AvgIpc) is 2.30. The van der Waals surface area contributed by atoms with E-state index >= 15 is 0 Å². The molecule has 5 heteroatoms. The first kappa shape index (κ1) is 14.6. The summed E-state index contributed by atoms with van der Waals surface area (Å²) in [6, 6.07) is 3.27. The van der Waals surface area contributed by atoms with Crippen molar-refractivity contribution in [3.63, 3.8) is 0 Å². The number of halogens is 2. The van der Waals surface area contributed by atoms with Gasteiger partial charge in [0.2, 0.25) is 0 Å². The van der Waals surface area contributed by atoms with Gasteiger partial charge < -0.3 is 5.32 Å². The molecule has 1 N–H and O–H groups in total. The number of pyridine rings is 1. The fourth-order valence-electron chi connectivity index (χ4n) is 2.60. The zero-order chi connectivity index (χ0) is 14.0. The lowest BCUT2D eigenvalue weighted by Gasteiger charge is -2.39. The molecule has 1 saturated carbocycles. The maximum Gasteiger partial charge on any atom is 0.251 e. The molecule has 1 amide bonds. The van der Waals surface area contributed by atoms with Gasteiger partial charge in [-0.2, -0.15) is 0 Å². The molecule has 0 spiro atoms. The first-order valence-corrected chi connectivity index (χ1v) is 7.28. The summed E-state index contributed by atoms with van der Waals surface area (Å²) in [6.45, 7) is 4.40. The van der Waals surface area contributed by atoms with E-state index in [9.17, 15) is 4.79 Å². The Morgan fingerprint density at radius 1 is 1.32 bits per heavy atom. The topological polar surface area (TPSA) is 42.0 Å². The summed E-state index contributed by atoms with van der Waals surface area (Å²) in [7, 11) is 0. The number of nitrogens with one attached hydrogen (secondary N) is 1. The number of aromatic nitrogens is 1. The lowest BCUT2D eigenvalue weighted by atomic mass is 9.73. The fraction of sp³-hybridized carbons (Fsp3) is 0.571. The quantitative estimate of drug-likeness (QED) is 0.836. The summed E-state index contributed by atoms with van der Waals surface area (Å²) in [6.07, 6.45) is 4.54. The predicted octanol–water partition coefficient (Wildman–Crippen LogP) is 4.09. The molecule has 1 aromatic rings. The van der Waals surface area contributed by atoms with Crippen molar-refractivity contribution in [2.24, 2.45) is 5.41 Å². The molecule has 1 unspecified atom stereocenters. The minimum atomic E-state index is -0.133. The van der Waals surface area contributed by atoms with Gasteiger partial charge in [0.1, 0.15) is 10.3 Å². The highest BCUT2D eigenvalue weighted by atomic mass is 35.5. The highest BCUT2D eigenvalue weighted by Gasteiger charge is 2.33. The molecular weight excluding hydrogens is 283 g/mol. The second-order valence-electron chi connectivity index (χ2n) is 5.76. The van der Waals surface area contributed by atoms with Gasteiger partial charge in [-0.05, 0) is 30.4 Å². The number of amides is 1. The molecule has 0 bridgehead atoms. The minimum Gasteiger partial charge on any atom is -0.349 e. The molecule has 3 nitrogen and oxygen atoms in total. The Balaban J connectivity index is 2.12. The van der Waals surface area contributed by atoms with Crippen molar-refractivity contribution in [3.05, 3.63) is 28.0 Å². The van der Waals surface area contributed by atoms with Gasteiger partial charge in [0.25, 0.3) is 5.91 Å². The predicted molar refractivity (Wildman–Crippen MR) is 77.8 cm³/mol. The number of carbonyl (C=O) groups excluding carboxylic acids is 1. The zero-order valence-corrected chi connectivity index (χ0v) is 12.7. The zero-order valence-electron chi connectivity index (χ0n) is 11.2. The second kappa shape index (κ2) is 5.68. The lowest BCUT2D eigenvalue weighted by molar-refractivity contribution is 0.0853. The van der Waals surface area contributed by atoms with Gasteiger partial charge >= 0.3 is 0 Å². The summed E-state index contributed by atoms with van der Waals surface area (Å²) in [5, 5.41) is 3.57. The van der Waals surface area contributed by atoms with Crippen LogP contribution in [0.2, 0.25) is 10.3 Å². The number of hydrogen-bond acceptors (Lipinski definition) is 2. The minimum absolute atomic E-state index is 0.133. The molecule has 1 fully saturated rings. The maximum atomic E-state index is 12.2. The average molecular weight is 301 g/mol. The summed E-state index contributed by atoms with van der Waals surface area (Å²) in [4.78, 5) is 16.1. The van der Waals surface area contributed by atoms with Crippen LogP contribution in [0.25, 0.3) is 0 Å². The normalized spacial score (nSPS) is 22.0. The van der Waals surface area contributed by atoms with Crippen LogP contribution in [0.5, 0.6) is 0 Å². The molecule has 1 aliphatic rings. The van der Waals surface area contributed by atoms with Gasteiger partial charge in [-0.15, -0.1) is 0 Å². The Morgan fingerprint density at radius 2 is 1.95 bits per heavy atom. The van der Waals surface area contributed by atoms with Crippen molar-refractivity contribution in [1.29, 1.82) is 0 Å². The van der Waals surface area contributed by atoms with Crippen LogP contribution in [0, 0.1) is 5.41 Å². The molecular formula is C14H18Cl2N2O. The maximum absolute atomic E-state index is 12.2. The number of hydrogen-bond donors (Lipinski definition) is 1. The molecule has 0 aromatic carbocycles. The van der Waals surface area contributed by atoms with E-state index in [1.165, 1.54) is 6.42 Å². The monoisotopic (exact) mass is 300 g/mol. The third-order valence-corrected chi connectivity index (χ3v) is 4.22. The van der Waals surface area contributed by atoms with E-state index in [0.29, 0.717) is 5.56 Å². The van der Waals surface area contributed by atoms with E-state index in [1.54, 1.807) is 12.1 Å². The number of nitrogens with zero attached hydrogens (tertiary/aromatic N) is 1. The molecule has 19 heavy (non-hydrogen) atoms. The molecule has 0 saturated heterocycles. The molecule has 2 rings (SSSR count). The summed E-state index contributed by atoms with van der Waals surface area (Å²) >= 11 is 11.6. The van der Waals surface area contributed by atoms with Crippen molar-refractivity contribution in [3.8, 4) is 0 Å². The van der Waals surface area contributed by atoms with Crippen molar-refractivity contribution in [2.45, 2.75) is 45.6 Å². The van der Waals surface area contributed by atoms with Crippen LogP contribution >= 0.6 is 23.2 Å². The van der Waals surface area contributed by atoms with E-state index in [2.05, 4.69) is 24.1 Å². The van der Waals surface area contributed by atoms with Crippen LogP contribution in [-0.4, -0.2) is 16.9 Å². The van der Waals surface area contributed by atoms with Crippen LogP contribution in [0.1, 0.15) is 49.9 Å². The van der Waals surface area contributed by atoms with E-state index in [4.69, 9.17) is 23.2 Å². The van der Waals surface area contributed by atoms with E-state index < -0.39 is 0 Å². The molecule has 1 atom stereocenters. The van der Waals surface area contributed by atoms with Crippen molar-refractivity contribution in [1.82, 2.24) is 10.3 Å². The fourth-order valence-corrected chi connectivity index (χ4v) is 3.06. The smallest absolute Gasteiger partial charge is 0.251 e. The highest BCUT2D eigenvalue weighted by molar-refractivity contribution is 6.33. The molecule has 104 valence electrons. The Morgan fingerprint density at radius 3 is 2.53 bits per heavy atom. The Hall–Kier alpha value is -0.800. The van der Waals surface area contributed by atoms with Gasteiger partial charge in [-0.25, -0.2) is 4.98 Å². The Labute approximate surface area is 123 Å². The van der Waals surface area contributed by atoms with E-state index in [1.807, 2.05) is 0 Å². The summed E-state index contributed by atoms with van der Waals surface area (Å²) in [5.74, 6) is -0.133. The highest BCUT2D eigenvalue weighted by Crippen LogP contribution is 2.35. The Kier molecular flexibility index (Phi) is 4.36. The lowest BCUT2D eigenvalue weighted by Crippen LogP contribution is -2.46. The van der Waals surface area contributed by atoms with Gasteiger partial charge in [0, 0.05) is 11.6 Å². The van der Waals surface area contributed by atoms with Crippen LogP contribution < -0.4 is 5.32 Å². The molecule has 0 radical (unpaired) electrons. The van der Waals surface area contributed by atoms with Crippen LogP contribution in [0.15, 0.2) is 12.1 Å². The van der Waals surface area contributed by atoms with E-state index in [0.717, 1.165) is 19.3 Å². The first-order chi connectivity index (χ1) is 8.88. The molecule has 1 aliphatic carbocycles. The third kappa shape index (κ3) is 3.61. The number of carbonyl (C=O) groups is 1. The largest absolute Gasteiger partial charge is 0.349 e. The summed E-state index contributed by atoms with van der Waals surface area (Å²) < 4.78 is 0. The van der Waals surface area contributed by atoms with Crippen molar-refractivity contribution < 1.29 is 4.79 Å². The molecule has 0 aliphatic heterocycles. The molecule has 1 heterocycles. The van der Waals surface area contributed by atoms with Crippen LogP contribution in [0.3, 0.4) is 0 Å². The summed E-state index contributed by atoms with van der Waals surface area (Å²) in [5.41, 5.74) is 0.598. The van der Waals surface area contributed by atoms with Crippen LogP contribution in [0.4, 0.5) is 0 Å². The second-order valence-corrected chi connectivity index (χ2v) is 6.54. The van der Waals surface area contributed by atoms with E-state index in [-0.39, 0.29) is 27.7 Å². The first-order valence-electron chi connectivity index (χ1n) is 6.52. The molecule has 1 aromatic heterocycles. The van der Waals surface area contributed by atoms with Gasteiger partial charge in [0.15, 0.2) is 0 Å². The van der Waals surface area contributed by atoms with Crippen molar-refractivity contribution in [2.75, 3.05) is 0 Å². The SMILES string of the molecule is CC1(C)CCCCC1NC(=O)c1cc(Cl)nc(Cl)c1. The number of rotatable bonds is 2. The van der Waals surface area contributed by atoms with Gasteiger partial charge in [0.05, 0.1) is 0 Å². The van der Waals surface area contributed by atoms with Gasteiger partial charge in [-0.3, -0.25) is 4.79 Å². The standard InChI is InChI=1S/C14H18Cl2N2O/c1-14(2)6-4-3-5-10(14)17-13(19)9-7-11(15)18-12(16)8-9/h7-8,10H,3-6H2,1-2H3,(H,17,19). The Bertz CT molecular complexity index is 468.